The van der Waals surface area contributed by atoms with E-state index in [2.05, 4.69) is 10.5 Å². The molecule has 0 radical (unpaired) electrons. The summed E-state index contributed by atoms with van der Waals surface area (Å²) in [6.45, 7) is 5.83. The molecule has 2 aromatic carbocycles. The molecule has 2 fully saturated rings. The third kappa shape index (κ3) is 4.11. The minimum atomic E-state index is -1.09. The summed E-state index contributed by atoms with van der Waals surface area (Å²) in [7, 11) is 0. The van der Waals surface area contributed by atoms with Crippen LogP contribution in [0.15, 0.2) is 41.6 Å². The Labute approximate surface area is 221 Å². The number of hydrogen-bond donors (Lipinski definition) is 1. The molecule has 1 N–H and O–H groups in total. The van der Waals surface area contributed by atoms with Crippen LogP contribution in [0.1, 0.15) is 50.4 Å². The van der Waals surface area contributed by atoms with Crippen LogP contribution in [0.5, 0.6) is 0 Å². The van der Waals surface area contributed by atoms with Gasteiger partial charge in [-0.1, -0.05) is 55.2 Å². The molecule has 2 unspecified atom stereocenters. The molecule has 2 bridgehead atoms. The fourth-order valence-corrected chi connectivity index (χ4v) is 5.94. The van der Waals surface area contributed by atoms with Crippen molar-refractivity contribution >= 4 is 57.9 Å². The van der Waals surface area contributed by atoms with Gasteiger partial charge in [-0.05, 0) is 30.4 Å². The van der Waals surface area contributed by atoms with Crippen molar-refractivity contribution in [2.45, 2.75) is 40.0 Å². The Bertz CT molecular complexity index is 1340. The number of benzene rings is 2. The van der Waals surface area contributed by atoms with E-state index in [9.17, 15) is 29.8 Å². The predicted octanol–water partition coefficient (Wildman–Crippen LogP) is 6.18. The van der Waals surface area contributed by atoms with Gasteiger partial charge in [-0.2, -0.15) is 0 Å². The molecule has 37 heavy (non-hydrogen) atoms. The van der Waals surface area contributed by atoms with Crippen molar-refractivity contribution in [2.75, 3.05) is 5.32 Å². The standard InChI is InChI=1S/C24H22Cl2N4O7/c1-22(2)23(3)7-8-24(22,21(32)27-19-16(25)5-4-6-17(19)26)12-18(23)28-37-20(31)13-9-14(29(33)34)11-15(10-13)30(35)36/h4-6,9-11H,7-8,12H2,1-3H3,(H,27,32). The quantitative estimate of drug-likeness (QED) is 0.256. The van der Waals surface area contributed by atoms with E-state index >= 15 is 0 Å². The van der Waals surface area contributed by atoms with Gasteiger partial charge in [-0.15, -0.1) is 0 Å². The maximum absolute atomic E-state index is 13.6. The largest absolute Gasteiger partial charge is 0.366 e. The lowest BCUT2D eigenvalue weighted by molar-refractivity contribution is -0.394. The molecule has 2 atom stereocenters. The summed E-state index contributed by atoms with van der Waals surface area (Å²) in [6, 6.07) is 7.40. The number of nitro groups is 2. The highest BCUT2D eigenvalue weighted by atomic mass is 35.5. The molecule has 4 rings (SSSR count). The highest BCUT2D eigenvalue weighted by molar-refractivity contribution is 6.39. The Morgan fingerprint density at radius 1 is 1.00 bits per heavy atom. The number of oxime groups is 1. The average molecular weight is 549 g/mol. The van der Waals surface area contributed by atoms with E-state index in [-0.39, 0.29) is 12.3 Å². The number of nitrogens with zero attached hydrogens (tertiary/aromatic N) is 3. The molecule has 11 nitrogen and oxygen atoms in total. The van der Waals surface area contributed by atoms with Crippen LogP contribution in [0.25, 0.3) is 0 Å². The maximum atomic E-state index is 13.6. The monoisotopic (exact) mass is 548 g/mol. The van der Waals surface area contributed by atoms with Crippen LogP contribution >= 0.6 is 23.2 Å². The third-order valence-electron chi connectivity index (χ3n) is 8.17. The molecule has 194 valence electrons. The Morgan fingerprint density at radius 2 is 1.57 bits per heavy atom. The van der Waals surface area contributed by atoms with Crippen molar-refractivity contribution in [1.82, 2.24) is 0 Å². The first-order valence-corrected chi connectivity index (χ1v) is 12.0. The van der Waals surface area contributed by atoms with Gasteiger partial charge < -0.3 is 10.2 Å². The summed E-state index contributed by atoms with van der Waals surface area (Å²) < 4.78 is 0. The zero-order chi connectivity index (χ0) is 27.3. The van der Waals surface area contributed by atoms with Crippen molar-refractivity contribution in [2.24, 2.45) is 21.4 Å². The second-order valence-corrected chi connectivity index (χ2v) is 10.8. The first kappa shape index (κ1) is 26.5. The van der Waals surface area contributed by atoms with Crippen molar-refractivity contribution in [3.8, 4) is 0 Å². The fraction of sp³-hybridized carbons (Fsp3) is 0.375. The number of nitro benzene ring substituents is 2. The van der Waals surface area contributed by atoms with E-state index in [1.54, 1.807) is 18.2 Å². The second kappa shape index (κ2) is 9.07. The Kier molecular flexibility index (Phi) is 6.49. The van der Waals surface area contributed by atoms with Gasteiger partial charge in [0.25, 0.3) is 11.4 Å². The predicted molar refractivity (Wildman–Crippen MR) is 136 cm³/mol. The molecule has 2 aliphatic carbocycles. The van der Waals surface area contributed by atoms with Crippen molar-refractivity contribution < 1.29 is 24.3 Å². The van der Waals surface area contributed by atoms with Crippen LogP contribution in [-0.4, -0.2) is 27.4 Å². The van der Waals surface area contributed by atoms with Crippen LogP contribution in [0.2, 0.25) is 10.0 Å². The molecule has 0 heterocycles. The van der Waals surface area contributed by atoms with Gasteiger partial charge in [0, 0.05) is 24.0 Å². The average Bonchev–Trinajstić information content (AvgIpc) is 3.15. The smallest absolute Gasteiger partial charge is 0.323 e. The summed E-state index contributed by atoms with van der Waals surface area (Å²) >= 11 is 12.5. The molecule has 1 amide bonds. The zero-order valence-electron chi connectivity index (χ0n) is 20.0. The van der Waals surface area contributed by atoms with E-state index in [4.69, 9.17) is 28.0 Å². The number of nitrogens with one attached hydrogen (secondary N) is 1. The van der Waals surface area contributed by atoms with Crippen LogP contribution in [-0.2, 0) is 9.63 Å². The SMILES string of the molecule is CC12CCC(C(=O)Nc3c(Cl)cccc3Cl)(CC1=NOC(=O)c1cc([N+](=O)[O-])cc([N+](=O)[O-])c1)C2(C)C. The summed E-state index contributed by atoms with van der Waals surface area (Å²) in [5.74, 6) is -1.38. The van der Waals surface area contributed by atoms with Gasteiger partial charge in [0.1, 0.15) is 0 Å². The highest BCUT2D eigenvalue weighted by Crippen LogP contribution is 2.71. The van der Waals surface area contributed by atoms with Gasteiger partial charge in [0.05, 0.1) is 48.3 Å². The lowest BCUT2D eigenvalue weighted by Gasteiger charge is -2.39. The van der Waals surface area contributed by atoms with E-state index in [0.29, 0.717) is 34.3 Å². The number of halogens is 2. The normalized spacial score (nSPS) is 24.6. The first-order valence-electron chi connectivity index (χ1n) is 11.2. The van der Waals surface area contributed by atoms with E-state index in [0.717, 1.165) is 18.2 Å². The van der Waals surface area contributed by atoms with Crippen LogP contribution in [0, 0.1) is 36.5 Å². The van der Waals surface area contributed by atoms with E-state index in [1.165, 1.54) is 0 Å². The molecule has 0 spiro atoms. The van der Waals surface area contributed by atoms with Gasteiger partial charge in [0.15, 0.2) is 0 Å². The lowest BCUT2D eigenvalue weighted by Crippen LogP contribution is -2.43. The second-order valence-electron chi connectivity index (χ2n) is 9.94. The molecule has 0 aromatic heterocycles. The Balaban J connectivity index is 1.63. The Hall–Kier alpha value is -3.57. The topological polar surface area (TPSA) is 154 Å². The number of carbonyl (C=O) groups is 2. The molecule has 13 heteroatoms. The number of para-hydroxylation sites is 1. The minimum Gasteiger partial charge on any atom is -0.323 e. The number of carbonyl (C=O) groups excluding carboxylic acids is 2. The number of hydrogen-bond acceptors (Lipinski definition) is 8. The van der Waals surface area contributed by atoms with Gasteiger partial charge in [-0.25, -0.2) is 4.79 Å². The number of non-ortho nitro benzene ring substituents is 2. The van der Waals surface area contributed by atoms with Crippen LogP contribution in [0.4, 0.5) is 17.1 Å². The van der Waals surface area contributed by atoms with Gasteiger partial charge >= 0.3 is 5.97 Å². The fourth-order valence-electron chi connectivity index (χ4n) is 5.45. The summed E-state index contributed by atoms with van der Waals surface area (Å²) in [5.41, 5.74) is -2.99. The molecule has 0 saturated heterocycles. The molecule has 0 aliphatic heterocycles. The zero-order valence-corrected chi connectivity index (χ0v) is 21.6. The third-order valence-corrected chi connectivity index (χ3v) is 8.80. The van der Waals surface area contributed by atoms with Crippen molar-refractivity contribution in [3.63, 3.8) is 0 Å². The summed E-state index contributed by atoms with van der Waals surface area (Å²) in [6.07, 6.45) is 1.32. The highest BCUT2D eigenvalue weighted by Gasteiger charge is 2.71. The van der Waals surface area contributed by atoms with Crippen LogP contribution in [0.3, 0.4) is 0 Å². The maximum Gasteiger partial charge on any atom is 0.366 e. The van der Waals surface area contributed by atoms with Gasteiger partial charge in [0.2, 0.25) is 5.91 Å². The number of rotatable bonds is 6. The number of fused-ring (bicyclic) bond motifs is 2. The summed E-state index contributed by atoms with van der Waals surface area (Å²) in [4.78, 5) is 52.0. The molecular formula is C24H22Cl2N4O7. The molecule has 2 aliphatic rings. The van der Waals surface area contributed by atoms with E-state index < -0.39 is 49.0 Å². The molecule has 2 aromatic rings. The summed E-state index contributed by atoms with van der Waals surface area (Å²) in [5, 5.41) is 29.8. The molecule has 2 saturated carbocycles. The Morgan fingerprint density at radius 3 is 2.11 bits per heavy atom. The van der Waals surface area contributed by atoms with Crippen LogP contribution < -0.4 is 5.32 Å². The van der Waals surface area contributed by atoms with Crippen molar-refractivity contribution in [1.29, 1.82) is 0 Å². The number of amides is 1. The number of anilines is 1. The minimum absolute atomic E-state index is 0.187. The van der Waals surface area contributed by atoms with Crippen molar-refractivity contribution in [3.05, 3.63) is 72.2 Å². The molecular weight excluding hydrogens is 527 g/mol. The van der Waals surface area contributed by atoms with E-state index in [1.807, 2.05) is 20.8 Å². The lowest BCUT2D eigenvalue weighted by atomic mass is 9.64. The first-order chi connectivity index (χ1) is 17.2. The van der Waals surface area contributed by atoms with Gasteiger partial charge in [-0.3, -0.25) is 25.0 Å².